The van der Waals surface area contributed by atoms with Gasteiger partial charge in [-0.3, -0.25) is 4.79 Å². The van der Waals surface area contributed by atoms with Crippen LogP contribution < -0.4 is 5.32 Å². The average molecular weight is 306 g/mol. The molecule has 1 aromatic carbocycles. The first-order valence-corrected chi connectivity index (χ1v) is 7.60. The SMILES string of the molecule is O=C(Nc1ccc(Br)cc1)C1C2C3CCC(C3)C12. The molecule has 94 valence electrons. The number of fused-ring (bicyclic) bond motifs is 5. The number of halogens is 1. The first kappa shape index (κ1) is 11.0. The topological polar surface area (TPSA) is 29.1 Å². The summed E-state index contributed by atoms with van der Waals surface area (Å²) in [4.78, 5) is 12.3. The van der Waals surface area contributed by atoms with Crippen LogP contribution in [0.4, 0.5) is 5.69 Å². The molecule has 18 heavy (non-hydrogen) atoms. The number of hydrogen-bond donors (Lipinski definition) is 1. The molecule has 3 fully saturated rings. The quantitative estimate of drug-likeness (QED) is 0.887. The molecule has 4 unspecified atom stereocenters. The van der Waals surface area contributed by atoms with E-state index in [2.05, 4.69) is 21.2 Å². The van der Waals surface area contributed by atoms with Crippen molar-refractivity contribution >= 4 is 27.5 Å². The van der Waals surface area contributed by atoms with Crippen LogP contribution in [0, 0.1) is 29.6 Å². The van der Waals surface area contributed by atoms with Gasteiger partial charge >= 0.3 is 0 Å². The fraction of sp³-hybridized carbons (Fsp3) is 0.533. The molecular weight excluding hydrogens is 290 g/mol. The van der Waals surface area contributed by atoms with E-state index in [4.69, 9.17) is 0 Å². The predicted octanol–water partition coefficient (Wildman–Crippen LogP) is 3.68. The third-order valence-electron chi connectivity index (χ3n) is 5.15. The Balaban J connectivity index is 1.45. The van der Waals surface area contributed by atoms with E-state index >= 15 is 0 Å². The summed E-state index contributed by atoms with van der Waals surface area (Å²) in [6.45, 7) is 0. The number of amides is 1. The summed E-state index contributed by atoms with van der Waals surface area (Å²) >= 11 is 3.40. The van der Waals surface area contributed by atoms with E-state index in [0.717, 1.165) is 33.8 Å². The normalized spacial score (nSPS) is 39.5. The van der Waals surface area contributed by atoms with Crippen molar-refractivity contribution in [3.05, 3.63) is 28.7 Å². The van der Waals surface area contributed by atoms with E-state index in [0.29, 0.717) is 5.92 Å². The molecule has 0 saturated heterocycles. The van der Waals surface area contributed by atoms with Crippen LogP contribution in [-0.2, 0) is 4.79 Å². The summed E-state index contributed by atoms with van der Waals surface area (Å²) in [6.07, 6.45) is 4.14. The fourth-order valence-corrected chi connectivity index (χ4v) is 4.70. The number of benzene rings is 1. The molecule has 1 aromatic rings. The smallest absolute Gasteiger partial charge is 0.228 e. The number of carbonyl (C=O) groups excluding carboxylic acids is 1. The molecule has 0 spiro atoms. The lowest BCUT2D eigenvalue weighted by Crippen LogP contribution is -2.18. The summed E-state index contributed by atoms with van der Waals surface area (Å²) in [5.41, 5.74) is 0.917. The van der Waals surface area contributed by atoms with Crippen LogP contribution in [0.1, 0.15) is 19.3 Å². The minimum Gasteiger partial charge on any atom is -0.326 e. The second-order valence-corrected chi connectivity index (χ2v) is 6.93. The molecule has 3 saturated carbocycles. The second-order valence-electron chi connectivity index (χ2n) is 6.01. The minimum atomic E-state index is 0.254. The van der Waals surface area contributed by atoms with E-state index in [1.54, 1.807) is 0 Å². The van der Waals surface area contributed by atoms with Gasteiger partial charge in [0.05, 0.1) is 0 Å². The lowest BCUT2D eigenvalue weighted by Gasteiger charge is -2.09. The number of carbonyl (C=O) groups is 1. The number of rotatable bonds is 2. The lowest BCUT2D eigenvalue weighted by atomic mass is 10.0. The Hall–Kier alpha value is -0.830. The molecule has 0 radical (unpaired) electrons. The van der Waals surface area contributed by atoms with Gasteiger partial charge in [-0.2, -0.15) is 0 Å². The van der Waals surface area contributed by atoms with Gasteiger partial charge in [0.15, 0.2) is 0 Å². The van der Waals surface area contributed by atoms with Gasteiger partial charge in [0.2, 0.25) is 5.91 Å². The van der Waals surface area contributed by atoms with Gasteiger partial charge in [-0.05, 0) is 67.2 Å². The zero-order valence-corrected chi connectivity index (χ0v) is 11.7. The van der Waals surface area contributed by atoms with Crippen molar-refractivity contribution in [1.82, 2.24) is 0 Å². The maximum atomic E-state index is 12.3. The highest BCUT2D eigenvalue weighted by Gasteiger charge is 2.67. The van der Waals surface area contributed by atoms with Crippen LogP contribution in [0.2, 0.25) is 0 Å². The fourth-order valence-electron chi connectivity index (χ4n) is 4.43. The maximum absolute atomic E-state index is 12.3. The Morgan fingerprint density at radius 1 is 1.11 bits per heavy atom. The molecule has 4 rings (SSSR count). The van der Waals surface area contributed by atoms with E-state index in [1.165, 1.54) is 19.3 Å². The maximum Gasteiger partial charge on any atom is 0.228 e. The highest BCUT2D eigenvalue weighted by Crippen LogP contribution is 2.69. The number of hydrogen-bond acceptors (Lipinski definition) is 1. The van der Waals surface area contributed by atoms with Gasteiger partial charge in [-0.15, -0.1) is 0 Å². The summed E-state index contributed by atoms with van der Waals surface area (Å²) < 4.78 is 1.04. The highest BCUT2D eigenvalue weighted by atomic mass is 79.9. The summed E-state index contributed by atoms with van der Waals surface area (Å²) in [5, 5.41) is 3.07. The number of anilines is 1. The van der Waals surface area contributed by atoms with Crippen molar-refractivity contribution in [2.45, 2.75) is 19.3 Å². The molecule has 0 aromatic heterocycles. The zero-order valence-electron chi connectivity index (χ0n) is 10.1. The molecule has 3 aliphatic rings. The van der Waals surface area contributed by atoms with Crippen LogP contribution in [0.5, 0.6) is 0 Å². The van der Waals surface area contributed by atoms with Gasteiger partial charge in [0, 0.05) is 16.1 Å². The Bertz CT molecular complexity index is 482. The second kappa shape index (κ2) is 3.83. The van der Waals surface area contributed by atoms with Crippen molar-refractivity contribution in [2.24, 2.45) is 29.6 Å². The zero-order chi connectivity index (χ0) is 12.3. The van der Waals surface area contributed by atoms with Crippen LogP contribution in [0.3, 0.4) is 0 Å². The van der Waals surface area contributed by atoms with Crippen LogP contribution in [-0.4, -0.2) is 5.91 Å². The van der Waals surface area contributed by atoms with Crippen molar-refractivity contribution in [2.75, 3.05) is 5.32 Å². The Morgan fingerprint density at radius 2 is 1.72 bits per heavy atom. The molecule has 2 nitrogen and oxygen atoms in total. The monoisotopic (exact) mass is 305 g/mol. The molecule has 1 N–H and O–H groups in total. The van der Waals surface area contributed by atoms with Gasteiger partial charge in [-0.1, -0.05) is 15.9 Å². The molecule has 0 aliphatic heterocycles. The summed E-state index contributed by atoms with van der Waals surface area (Å²) in [6, 6.07) is 7.84. The molecule has 0 heterocycles. The van der Waals surface area contributed by atoms with Crippen LogP contribution in [0.15, 0.2) is 28.7 Å². The van der Waals surface area contributed by atoms with Crippen molar-refractivity contribution in [1.29, 1.82) is 0 Å². The summed E-state index contributed by atoms with van der Waals surface area (Å²) in [7, 11) is 0. The van der Waals surface area contributed by atoms with Gasteiger partial charge in [-0.25, -0.2) is 0 Å². The van der Waals surface area contributed by atoms with Gasteiger partial charge in [0.25, 0.3) is 0 Å². The Morgan fingerprint density at radius 3 is 2.33 bits per heavy atom. The Kier molecular flexibility index (Phi) is 2.35. The highest BCUT2D eigenvalue weighted by molar-refractivity contribution is 9.10. The van der Waals surface area contributed by atoms with E-state index in [9.17, 15) is 4.79 Å². The Labute approximate surface area is 115 Å². The molecule has 3 heteroatoms. The lowest BCUT2D eigenvalue weighted by molar-refractivity contribution is -0.118. The molecule has 3 aliphatic carbocycles. The number of nitrogens with one attached hydrogen (secondary N) is 1. The minimum absolute atomic E-state index is 0.254. The van der Waals surface area contributed by atoms with Crippen molar-refractivity contribution < 1.29 is 4.79 Å². The van der Waals surface area contributed by atoms with Crippen LogP contribution in [0.25, 0.3) is 0 Å². The molecular formula is C15H16BrNO. The molecule has 4 atom stereocenters. The van der Waals surface area contributed by atoms with Gasteiger partial charge in [0.1, 0.15) is 0 Å². The molecule has 1 amide bonds. The van der Waals surface area contributed by atoms with Crippen molar-refractivity contribution in [3.8, 4) is 0 Å². The first-order valence-electron chi connectivity index (χ1n) is 6.80. The standard InChI is InChI=1S/C15H16BrNO/c16-10-3-5-11(6-4-10)17-15(18)14-12-8-1-2-9(7-8)13(12)14/h3-6,8-9,12-14H,1-2,7H2,(H,17,18). The first-order chi connectivity index (χ1) is 8.74. The van der Waals surface area contributed by atoms with Gasteiger partial charge < -0.3 is 5.32 Å². The third-order valence-corrected chi connectivity index (χ3v) is 5.68. The van der Waals surface area contributed by atoms with E-state index in [1.807, 2.05) is 24.3 Å². The van der Waals surface area contributed by atoms with E-state index < -0.39 is 0 Å². The molecule has 2 bridgehead atoms. The third kappa shape index (κ3) is 1.56. The summed E-state index contributed by atoms with van der Waals surface area (Å²) in [5.74, 6) is 3.74. The van der Waals surface area contributed by atoms with Crippen LogP contribution >= 0.6 is 15.9 Å². The average Bonchev–Trinajstić information content (AvgIpc) is 2.82. The predicted molar refractivity (Wildman–Crippen MR) is 74.1 cm³/mol. The largest absolute Gasteiger partial charge is 0.326 e. The van der Waals surface area contributed by atoms with E-state index in [-0.39, 0.29) is 5.91 Å². The van der Waals surface area contributed by atoms with Crippen molar-refractivity contribution in [3.63, 3.8) is 0 Å².